The molecule has 0 aliphatic rings. The highest BCUT2D eigenvalue weighted by Crippen LogP contribution is 1.96. The summed E-state index contributed by atoms with van der Waals surface area (Å²) in [6, 6.07) is 0. The molecule has 0 atom stereocenters. The van der Waals surface area contributed by atoms with Crippen LogP contribution in [0.4, 0.5) is 0 Å². The van der Waals surface area contributed by atoms with Gasteiger partial charge < -0.3 is 9.80 Å². The summed E-state index contributed by atoms with van der Waals surface area (Å²) in [6.07, 6.45) is 1.73. The van der Waals surface area contributed by atoms with Crippen molar-refractivity contribution in [2.75, 3.05) is 28.2 Å². The molecule has 1 aromatic rings. The zero-order valence-corrected chi connectivity index (χ0v) is 9.97. The highest BCUT2D eigenvalue weighted by atomic mass is 15.4. The van der Waals surface area contributed by atoms with Gasteiger partial charge in [-0.3, -0.25) is 0 Å². The zero-order chi connectivity index (χ0) is 11.4. The second-order valence-electron chi connectivity index (χ2n) is 3.73. The Balaban J connectivity index is 2.69. The molecular formula is C9H18N6. The van der Waals surface area contributed by atoms with Gasteiger partial charge in [-0.25, -0.2) is 4.99 Å². The summed E-state index contributed by atoms with van der Waals surface area (Å²) in [5.41, 5.74) is 0.874. The Morgan fingerprint density at radius 3 is 2.33 bits per heavy atom. The third-order valence-electron chi connectivity index (χ3n) is 1.83. The van der Waals surface area contributed by atoms with Gasteiger partial charge in [0.25, 0.3) is 0 Å². The van der Waals surface area contributed by atoms with Gasteiger partial charge in [-0.1, -0.05) is 0 Å². The summed E-state index contributed by atoms with van der Waals surface area (Å²) in [4.78, 5) is 9.93. The summed E-state index contributed by atoms with van der Waals surface area (Å²) in [6.45, 7) is 0.555. The molecule has 0 fully saturated rings. The van der Waals surface area contributed by atoms with Crippen LogP contribution in [0.1, 0.15) is 5.69 Å². The molecule has 0 saturated heterocycles. The van der Waals surface area contributed by atoms with Gasteiger partial charge in [-0.2, -0.15) is 15.0 Å². The van der Waals surface area contributed by atoms with Crippen LogP contribution in [0.2, 0.25) is 0 Å². The van der Waals surface area contributed by atoms with Crippen LogP contribution in [0.15, 0.2) is 11.2 Å². The molecule has 1 heterocycles. The quantitative estimate of drug-likeness (QED) is 0.501. The molecule has 1 rings (SSSR count). The maximum absolute atomic E-state index is 4.46. The second kappa shape index (κ2) is 4.77. The molecule has 0 radical (unpaired) electrons. The van der Waals surface area contributed by atoms with Gasteiger partial charge in [0.1, 0.15) is 5.69 Å². The molecule has 0 unspecified atom stereocenters. The highest BCUT2D eigenvalue weighted by Gasteiger charge is 2.04. The molecule has 0 aliphatic carbocycles. The first-order valence-corrected chi connectivity index (χ1v) is 4.75. The Hall–Kier alpha value is -1.59. The lowest BCUT2D eigenvalue weighted by Gasteiger charge is -2.22. The Labute approximate surface area is 90.2 Å². The summed E-state index contributed by atoms with van der Waals surface area (Å²) in [7, 11) is 9.67. The van der Waals surface area contributed by atoms with E-state index in [0.29, 0.717) is 6.54 Å². The van der Waals surface area contributed by atoms with E-state index in [9.17, 15) is 0 Å². The lowest BCUT2D eigenvalue weighted by molar-refractivity contribution is 0.479. The van der Waals surface area contributed by atoms with E-state index < -0.39 is 0 Å². The van der Waals surface area contributed by atoms with Crippen LogP contribution in [-0.2, 0) is 13.6 Å². The molecule has 0 spiro atoms. The van der Waals surface area contributed by atoms with Crippen LogP contribution in [0.3, 0.4) is 0 Å². The van der Waals surface area contributed by atoms with Crippen molar-refractivity contribution in [2.24, 2.45) is 12.0 Å². The van der Waals surface area contributed by atoms with Gasteiger partial charge >= 0.3 is 0 Å². The van der Waals surface area contributed by atoms with Crippen molar-refractivity contribution >= 4 is 5.96 Å². The number of hydrogen-bond donors (Lipinski definition) is 0. The van der Waals surface area contributed by atoms with Crippen molar-refractivity contribution in [2.45, 2.75) is 6.54 Å². The molecule has 15 heavy (non-hydrogen) atoms. The van der Waals surface area contributed by atoms with E-state index in [-0.39, 0.29) is 0 Å². The fourth-order valence-corrected chi connectivity index (χ4v) is 1.29. The van der Waals surface area contributed by atoms with Crippen molar-refractivity contribution in [1.82, 2.24) is 24.8 Å². The van der Waals surface area contributed by atoms with Crippen LogP contribution in [0.25, 0.3) is 0 Å². The molecule has 6 nitrogen and oxygen atoms in total. The van der Waals surface area contributed by atoms with Crippen molar-refractivity contribution < 1.29 is 0 Å². The van der Waals surface area contributed by atoms with Gasteiger partial charge in [0, 0.05) is 35.2 Å². The first kappa shape index (κ1) is 11.5. The normalized spacial score (nSPS) is 9.93. The Morgan fingerprint density at radius 2 is 1.93 bits per heavy atom. The largest absolute Gasteiger partial charge is 0.349 e. The molecule has 0 N–H and O–H groups in total. The van der Waals surface area contributed by atoms with E-state index in [1.807, 2.05) is 38.0 Å². The predicted molar refractivity (Wildman–Crippen MR) is 59.5 cm³/mol. The average molecular weight is 210 g/mol. The van der Waals surface area contributed by atoms with E-state index in [2.05, 4.69) is 15.2 Å². The Kier molecular flexibility index (Phi) is 3.65. The number of guanidine groups is 1. The Bertz CT molecular complexity index is 328. The minimum atomic E-state index is 0.555. The molecule has 84 valence electrons. The number of aromatic nitrogens is 3. The average Bonchev–Trinajstić information content (AvgIpc) is 2.50. The SMILES string of the molecule is CN(C)C(=NCc1cnn(C)n1)N(C)C. The lowest BCUT2D eigenvalue weighted by atomic mass is 10.5. The number of rotatable bonds is 2. The monoisotopic (exact) mass is 210 g/mol. The van der Waals surface area contributed by atoms with E-state index >= 15 is 0 Å². The molecule has 1 aromatic heterocycles. The van der Waals surface area contributed by atoms with Crippen molar-refractivity contribution in [3.8, 4) is 0 Å². The van der Waals surface area contributed by atoms with Crippen molar-refractivity contribution in [3.05, 3.63) is 11.9 Å². The molecule has 0 saturated carbocycles. The van der Waals surface area contributed by atoms with Crippen LogP contribution < -0.4 is 0 Å². The van der Waals surface area contributed by atoms with Crippen LogP contribution in [0.5, 0.6) is 0 Å². The summed E-state index contributed by atoms with van der Waals surface area (Å²) < 4.78 is 0. The van der Waals surface area contributed by atoms with Gasteiger partial charge in [0.05, 0.1) is 12.7 Å². The lowest BCUT2D eigenvalue weighted by Crippen LogP contribution is -2.35. The maximum atomic E-state index is 4.46. The number of aryl methyl sites for hydroxylation is 1. The number of aliphatic imine (C=N–C) groups is 1. The molecule has 0 amide bonds. The number of hydrogen-bond acceptors (Lipinski definition) is 3. The smallest absolute Gasteiger partial charge is 0.195 e. The molecule has 0 aliphatic heterocycles. The summed E-state index contributed by atoms with van der Waals surface area (Å²) in [5, 5.41) is 8.16. The molecule has 0 aromatic carbocycles. The standard InChI is InChI=1S/C9H18N6/c1-13(2)9(14(3)4)10-6-8-7-11-15(5)12-8/h7H,6H2,1-5H3. The second-order valence-corrected chi connectivity index (χ2v) is 3.73. The molecular weight excluding hydrogens is 192 g/mol. The fourth-order valence-electron chi connectivity index (χ4n) is 1.29. The highest BCUT2D eigenvalue weighted by molar-refractivity contribution is 5.79. The van der Waals surface area contributed by atoms with Crippen LogP contribution >= 0.6 is 0 Å². The van der Waals surface area contributed by atoms with E-state index in [4.69, 9.17) is 0 Å². The van der Waals surface area contributed by atoms with Gasteiger partial charge in [0.2, 0.25) is 0 Å². The van der Waals surface area contributed by atoms with E-state index in [1.165, 1.54) is 4.80 Å². The van der Waals surface area contributed by atoms with Gasteiger partial charge in [0.15, 0.2) is 5.96 Å². The third kappa shape index (κ3) is 3.23. The minimum absolute atomic E-state index is 0.555. The fraction of sp³-hybridized carbons (Fsp3) is 0.667. The zero-order valence-electron chi connectivity index (χ0n) is 9.97. The predicted octanol–water partition coefficient (Wildman–Crippen LogP) is -0.206. The summed E-state index contributed by atoms with van der Waals surface area (Å²) in [5.74, 6) is 0.917. The topological polar surface area (TPSA) is 49.6 Å². The van der Waals surface area contributed by atoms with Gasteiger partial charge in [-0.15, -0.1) is 0 Å². The molecule has 6 heteroatoms. The first-order valence-electron chi connectivity index (χ1n) is 4.75. The van der Waals surface area contributed by atoms with Crippen LogP contribution in [-0.4, -0.2) is 58.9 Å². The third-order valence-corrected chi connectivity index (χ3v) is 1.83. The van der Waals surface area contributed by atoms with Crippen LogP contribution in [0, 0.1) is 0 Å². The Morgan fingerprint density at radius 1 is 1.33 bits per heavy atom. The first-order chi connectivity index (χ1) is 7.00. The number of nitrogens with zero attached hydrogens (tertiary/aromatic N) is 6. The van der Waals surface area contributed by atoms with E-state index in [1.54, 1.807) is 13.2 Å². The van der Waals surface area contributed by atoms with Crippen molar-refractivity contribution in [1.29, 1.82) is 0 Å². The summed E-state index contributed by atoms with van der Waals surface area (Å²) >= 11 is 0. The van der Waals surface area contributed by atoms with Crippen molar-refractivity contribution in [3.63, 3.8) is 0 Å². The van der Waals surface area contributed by atoms with Gasteiger partial charge in [-0.05, 0) is 0 Å². The minimum Gasteiger partial charge on any atom is -0.349 e. The maximum Gasteiger partial charge on any atom is 0.195 e. The van der Waals surface area contributed by atoms with E-state index in [0.717, 1.165) is 11.7 Å². The molecule has 0 bridgehead atoms.